The first-order chi connectivity index (χ1) is 9.15. The first kappa shape index (κ1) is 13.8. The minimum Gasteiger partial charge on any atom is -0.462 e. The van der Waals surface area contributed by atoms with Gasteiger partial charge in [-0.05, 0) is 33.4 Å². The Hall–Kier alpha value is -1.63. The Morgan fingerprint density at radius 2 is 1.89 bits per heavy atom. The Bertz CT molecular complexity index is 405. The van der Waals surface area contributed by atoms with E-state index in [0.29, 0.717) is 18.6 Å². The summed E-state index contributed by atoms with van der Waals surface area (Å²) in [4.78, 5) is 16.7. The van der Waals surface area contributed by atoms with Crippen LogP contribution in [-0.2, 0) is 0 Å². The van der Waals surface area contributed by atoms with Crippen molar-refractivity contribution in [2.75, 3.05) is 51.0 Å². The molecule has 1 aliphatic rings. The third kappa shape index (κ3) is 4.20. The van der Waals surface area contributed by atoms with Crippen LogP contribution < -0.4 is 15.4 Å². The highest BCUT2D eigenvalue weighted by Crippen LogP contribution is 2.18. The Balaban J connectivity index is 2.01. The quantitative estimate of drug-likeness (QED) is 0.825. The molecule has 7 heteroatoms. The average molecular weight is 266 g/mol. The Kier molecular flexibility index (Phi) is 4.73. The fourth-order valence-corrected chi connectivity index (χ4v) is 1.98. The Morgan fingerprint density at radius 3 is 2.58 bits per heavy atom. The molecule has 2 N–H and O–H groups in total. The minimum atomic E-state index is 0.218. The molecule has 1 fully saturated rings. The van der Waals surface area contributed by atoms with Crippen LogP contribution in [0.25, 0.3) is 0 Å². The van der Waals surface area contributed by atoms with Crippen LogP contribution >= 0.6 is 0 Å². The van der Waals surface area contributed by atoms with Gasteiger partial charge in [-0.25, -0.2) is 0 Å². The van der Waals surface area contributed by atoms with Crippen LogP contribution in [0.1, 0.15) is 19.3 Å². The molecule has 0 amide bonds. The molecule has 0 radical (unpaired) electrons. The number of anilines is 2. The van der Waals surface area contributed by atoms with Crippen LogP contribution in [0.3, 0.4) is 0 Å². The third-order valence-electron chi connectivity index (χ3n) is 3.03. The van der Waals surface area contributed by atoms with Gasteiger partial charge >= 0.3 is 6.01 Å². The summed E-state index contributed by atoms with van der Waals surface area (Å²) in [5.41, 5.74) is 5.72. The van der Waals surface area contributed by atoms with Crippen molar-refractivity contribution in [2.24, 2.45) is 0 Å². The van der Waals surface area contributed by atoms with E-state index in [1.165, 1.54) is 19.3 Å². The maximum Gasteiger partial charge on any atom is 0.323 e. The summed E-state index contributed by atoms with van der Waals surface area (Å²) >= 11 is 0. The molecule has 0 bridgehead atoms. The molecule has 0 spiro atoms. The van der Waals surface area contributed by atoms with Crippen LogP contribution in [0.4, 0.5) is 11.9 Å². The molecule has 0 aliphatic carbocycles. The van der Waals surface area contributed by atoms with E-state index in [9.17, 15) is 0 Å². The highest BCUT2D eigenvalue weighted by molar-refractivity contribution is 5.36. The largest absolute Gasteiger partial charge is 0.462 e. The van der Waals surface area contributed by atoms with Crippen molar-refractivity contribution in [1.29, 1.82) is 0 Å². The molecule has 0 saturated carbocycles. The van der Waals surface area contributed by atoms with E-state index >= 15 is 0 Å². The summed E-state index contributed by atoms with van der Waals surface area (Å²) in [6.45, 7) is 3.29. The highest BCUT2D eigenvalue weighted by Gasteiger charge is 2.15. The number of hydrogen-bond acceptors (Lipinski definition) is 7. The lowest BCUT2D eigenvalue weighted by Gasteiger charge is -2.26. The summed E-state index contributed by atoms with van der Waals surface area (Å²) in [5.74, 6) is 0.850. The molecule has 1 aromatic rings. The summed E-state index contributed by atoms with van der Waals surface area (Å²) in [7, 11) is 3.98. The first-order valence-corrected chi connectivity index (χ1v) is 6.69. The lowest BCUT2D eigenvalue weighted by molar-refractivity contribution is 0.245. The van der Waals surface area contributed by atoms with Gasteiger partial charge in [0, 0.05) is 19.6 Å². The van der Waals surface area contributed by atoms with Crippen molar-refractivity contribution in [3.05, 3.63) is 0 Å². The molecule has 1 saturated heterocycles. The standard InChI is InChI=1S/C12H22N6O/c1-17(2)8-9-19-12-15-10(13)14-11(16-12)18-6-4-3-5-7-18/h3-9H2,1-2H3,(H2,13,14,15,16). The van der Waals surface area contributed by atoms with Gasteiger partial charge in [-0.15, -0.1) is 0 Å². The lowest BCUT2D eigenvalue weighted by atomic mass is 10.1. The monoisotopic (exact) mass is 266 g/mol. The molecule has 0 aromatic carbocycles. The van der Waals surface area contributed by atoms with Crippen molar-refractivity contribution in [3.8, 4) is 6.01 Å². The van der Waals surface area contributed by atoms with E-state index in [1.54, 1.807) is 0 Å². The molecule has 19 heavy (non-hydrogen) atoms. The minimum absolute atomic E-state index is 0.218. The average Bonchev–Trinajstić information content (AvgIpc) is 2.39. The van der Waals surface area contributed by atoms with Crippen molar-refractivity contribution < 1.29 is 4.74 Å². The van der Waals surface area contributed by atoms with E-state index < -0.39 is 0 Å². The van der Waals surface area contributed by atoms with Crippen LogP contribution in [0.15, 0.2) is 0 Å². The van der Waals surface area contributed by atoms with Gasteiger partial charge in [0.15, 0.2) is 0 Å². The fraction of sp³-hybridized carbons (Fsp3) is 0.750. The van der Waals surface area contributed by atoms with Gasteiger partial charge < -0.3 is 20.3 Å². The summed E-state index contributed by atoms with van der Waals surface area (Å²) in [6, 6.07) is 0.315. The highest BCUT2D eigenvalue weighted by atomic mass is 16.5. The number of ether oxygens (including phenoxy) is 1. The van der Waals surface area contributed by atoms with E-state index in [4.69, 9.17) is 10.5 Å². The maximum absolute atomic E-state index is 5.72. The number of rotatable bonds is 5. The number of likely N-dealkylation sites (N-methyl/N-ethyl adjacent to an activating group) is 1. The number of piperidine rings is 1. The zero-order valence-electron chi connectivity index (χ0n) is 11.7. The summed E-state index contributed by atoms with van der Waals surface area (Å²) < 4.78 is 5.52. The fourth-order valence-electron chi connectivity index (χ4n) is 1.98. The van der Waals surface area contributed by atoms with Crippen LogP contribution in [0.5, 0.6) is 6.01 Å². The molecule has 106 valence electrons. The van der Waals surface area contributed by atoms with Crippen molar-refractivity contribution in [2.45, 2.75) is 19.3 Å². The van der Waals surface area contributed by atoms with Gasteiger partial charge in [0.25, 0.3) is 0 Å². The summed E-state index contributed by atoms with van der Waals surface area (Å²) in [6.07, 6.45) is 3.61. The molecule has 7 nitrogen and oxygen atoms in total. The van der Waals surface area contributed by atoms with E-state index in [2.05, 4.69) is 19.9 Å². The number of nitrogen functional groups attached to an aromatic ring is 1. The number of nitrogens with two attached hydrogens (primary N) is 1. The smallest absolute Gasteiger partial charge is 0.323 e. The molecule has 2 rings (SSSR count). The predicted molar refractivity (Wildman–Crippen MR) is 74.4 cm³/mol. The Morgan fingerprint density at radius 1 is 1.16 bits per heavy atom. The van der Waals surface area contributed by atoms with Crippen LogP contribution in [0, 0.1) is 0 Å². The second-order valence-electron chi connectivity index (χ2n) is 4.98. The van der Waals surface area contributed by atoms with Gasteiger partial charge in [0.05, 0.1) is 0 Å². The topological polar surface area (TPSA) is 80.4 Å². The third-order valence-corrected chi connectivity index (χ3v) is 3.03. The zero-order chi connectivity index (χ0) is 13.7. The number of nitrogens with zero attached hydrogens (tertiary/aromatic N) is 5. The SMILES string of the molecule is CN(C)CCOc1nc(N)nc(N2CCCCC2)n1. The lowest BCUT2D eigenvalue weighted by Crippen LogP contribution is -2.31. The van der Waals surface area contributed by atoms with E-state index in [1.807, 2.05) is 19.0 Å². The predicted octanol–water partition coefficient (Wildman–Crippen LogP) is 0.385. The van der Waals surface area contributed by atoms with E-state index in [-0.39, 0.29) is 5.95 Å². The van der Waals surface area contributed by atoms with E-state index in [0.717, 1.165) is 19.6 Å². The molecule has 0 atom stereocenters. The van der Waals surface area contributed by atoms with Crippen molar-refractivity contribution >= 4 is 11.9 Å². The molecular weight excluding hydrogens is 244 g/mol. The molecular formula is C12H22N6O. The summed E-state index contributed by atoms with van der Waals surface area (Å²) in [5, 5.41) is 0. The molecule has 1 aromatic heterocycles. The Labute approximate surface area is 113 Å². The van der Waals surface area contributed by atoms with Gasteiger partial charge in [0.1, 0.15) is 6.61 Å². The van der Waals surface area contributed by atoms with Crippen LogP contribution in [-0.4, -0.2) is 60.2 Å². The van der Waals surface area contributed by atoms with Crippen molar-refractivity contribution in [3.63, 3.8) is 0 Å². The molecule has 2 heterocycles. The molecule has 0 unspecified atom stereocenters. The maximum atomic E-state index is 5.72. The van der Waals surface area contributed by atoms with Gasteiger partial charge in [-0.3, -0.25) is 0 Å². The second-order valence-corrected chi connectivity index (χ2v) is 4.98. The first-order valence-electron chi connectivity index (χ1n) is 6.69. The van der Waals surface area contributed by atoms with Crippen molar-refractivity contribution in [1.82, 2.24) is 19.9 Å². The second kappa shape index (κ2) is 6.51. The number of aromatic nitrogens is 3. The molecule has 1 aliphatic heterocycles. The van der Waals surface area contributed by atoms with Crippen LogP contribution in [0.2, 0.25) is 0 Å². The zero-order valence-corrected chi connectivity index (χ0v) is 11.7. The van der Waals surface area contributed by atoms with Gasteiger partial charge in [0.2, 0.25) is 11.9 Å². The number of hydrogen-bond donors (Lipinski definition) is 1. The van der Waals surface area contributed by atoms with Gasteiger partial charge in [-0.2, -0.15) is 15.0 Å². The normalized spacial score (nSPS) is 15.8. The van der Waals surface area contributed by atoms with Gasteiger partial charge in [-0.1, -0.05) is 0 Å².